The van der Waals surface area contributed by atoms with Crippen LogP contribution in [0, 0.1) is 29.1 Å². The highest BCUT2D eigenvalue weighted by molar-refractivity contribution is 5.12. The van der Waals surface area contributed by atoms with Gasteiger partial charge in [-0.2, -0.15) is 0 Å². The Morgan fingerprint density at radius 2 is 1.91 bits per heavy atom. The molecular weight excluding hydrogens is 132 g/mol. The summed E-state index contributed by atoms with van der Waals surface area (Å²) in [5.41, 5.74) is 0.796. The van der Waals surface area contributed by atoms with Gasteiger partial charge in [0.1, 0.15) is 0 Å². The zero-order valence-corrected chi connectivity index (χ0v) is 7.64. The van der Waals surface area contributed by atoms with Crippen LogP contribution in [0.4, 0.5) is 0 Å². The Balaban J connectivity index is 2.02. The van der Waals surface area contributed by atoms with Crippen LogP contribution in [0.15, 0.2) is 0 Å². The summed E-state index contributed by atoms with van der Waals surface area (Å²) < 4.78 is 0. The average Bonchev–Trinajstić information content (AvgIpc) is 2.36. The number of hydrogen-bond acceptors (Lipinski definition) is 0. The fraction of sp³-hybridized carbons (Fsp3) is 1.00. The fourth-order valence-electron chi connectivity index (χ4n) is 4.36. The van der Waals surface area contributed by atoms with Crippen LogP contribution in [0.3, 0.4) is 0 Å². The summed E-state index contributed by atoms with van der Waals surface area (Å²) in [5, 5.41) is 0. The summed E-state index contributed by atoms with van der Waals surface area (Å²) >= 11 is 0. The lowest BCUT2D eigenvalue weighted by molar-refractivity contribution is 0.144. The Labute approximate surface area is 69.4 Å². The van der Waals surface area contributed by atoms with Gasteiger partial charge in [0.05, 0.1) is 0 Å². The van der Waals surface area contributed by atoms with E-state index in [1.807, 2.05) is 0 Å². The van der Waals surface area contributed by atoms with Crippen molar-refractivity contribution in [3.8, 4) is 0 Å². The summed E-state index contributed by atoms with van der Waals surface area (Å²) in [7, 11) is 0. The SMILES string of the molecule is CC1CCC2C3CC(C3)C12C. The molecule has 0 aliphatic heterocycles. The van der Waals surface area contributed by atoms with Crippen molar-refractivity contribution in [1.29, 1.82) is 0 Å². The molecule has 0 radical (unpaired) electrons. The van der Waals surface area contributed by atoms with Gasteiger partial charge in [-0.1, -0.05) is 13.8 Å². The molecule has 4 saturated carbocycles. The molecule has 0 amide bonds. The van der Waals surface area contributed by atoms with Crippen molar-refractivity contribution >= 4 is 0 Å². The minimum Gasteiger partial charge on any atom is -0.0620 e. The molecule has 2 bridgehead atoms. The van der Waals surface area contributed by atoms with E-state index in [1.54, 1.807) is 19.3 Å². The second kappa shape index (κ2) is 1.67. The third-order valence-corrected chi connectivity index (χ3v) is 5.39. The predicted octanol–water partition coefficient (Wildman–Crippen LogP) is 3.08. The fourth-order valence-corrected chi connectivity index (χ4v) is 4.36. The minimum absolute atomic E-state index is 0.796. The van der Waals surface area contributed by atoms with Gasteiger partial charge in [0, 0.05) is 0 Å². The molecule has 0 spiro atoms. The Bertz CT molecular complexity index is 183. The molecule has 4 aliphatic carbocycles. The van der Waals surface area contributed by atoms with Gasteiger partial charge >= 0.3 is 0 Å². The van der Waals surface area contributed by atoms with E-state index in [4.69, 9.17) is 0 Å². The molecule has 0 aromatic carbocycles. The lowest BCUT2D eigenvalue weighted by Gasteiger charge is -2.34. The quantitative estimate of drug-likeness (QED) is 0.498. The highest BCUT2D eigenvalue weighted by Gasteiger charge is 2.63. The zero-order valence-electron chi connectivity index (χ0n) is 7.64. The van der Waals surface area contributed by atoms with E-state index in [9.17, 15) is 0 Å². The molecule has 0 nitrogen and oxygen atoms in total. The van der Waals surface area contributed by atoms with E-state index in [0.29, 0.717) is 0 Å². The molecule has 4 fully saturated rings. The third-order valence-electron chi connectivity index (χ3n) is 5.39. The van der Waals surface area contributed by atoms with E-state index < -0.39 is 0 Å². The minimum atomic E-state index is 0.796. The molecule has 0 saturated heterocycles. The standard InChI is InChI=1S/C11H18/c1-7-3-4-10-8-5-9(6-8)11(7,10)2/h7-10H,3-6H2,1-2H3. The third kappa shape index (κ3) is 0.522. The lowest BCUT2D eigenvalue weighted by Crippen LogP contribution is -2.27. The molecule has 3 unspecified atom stereocenters. The summed E-state index contributed by atoms with van der Waals surface area (Å²) in [5.74, 6) is 4.47. The van der Waals surface area contributed by atoms with Crippen LogP contribution < -0.4 is 0 Å². The Morgan fingerprint density at radius 3 is 2.55 bits per heavy atom. The second-order valence-corrected chi connectivity index (χ2v) is 5.38. The molecular formula is C11H18. The van der Waals surface area contributed by atoms with Gasteiger partial charge < -0.3 is 0 Å². The van der Waals surface area contributed by atoms with E-state index in [-0.39, 0.29) is 0 Å². The van der Waals surface area contributed by atoms with Crippen molar-refractivity contribution in [3.05, 3.63) is 0 Å². The van der Waals surface area contributed by atoms with Crippen molar-refractivity contribution < 1.29 is 0 Å². The van der Waals surface area contributed by atoms with Crippen LogP contribution in [0.2, 0.25) is 0 Å². The average molecular weight is 150 g/mol. The molecule has 11 heavy (non-hydrogen) atoms. The van der Waals surface area contributed by atoms with Crippen molar-refractivity contribution in [2.75, 3.05) is 0 Å². The van der Waals surface area contributed by atoms with E-state index in [1.165, 1.54) is 6.42 Å². The van der Waals surface area contributed by atoms with Crippen molar-refractivity contribution in [2.24, 2.45) is 29.1 Å². The zero-order chi connectivity index (χ0) is 7.64. The van der Waals surface area contributed by atoms with Crippen LogP contribution in [-0.2, 0) is 0 Å². The maximum atomic E-state index is 2.58. The van der Waals surface area contributed by atoms with Crippen LogP contribution in [0.5, 0.6) is 0 Å². The predicted molar refractivity (Wildman–Crippen MR) is 46.2 cm³/mol. The molecule has 4 aliphatic rings. The molecule has 0 aromatic heterocycles. The van der Waals surface area contributed by atoms with E-state index >= 15 is 0 Å². The van der Waals surface area contributed by atoms with Crippen LogP contribution in [0.25, 0.3) is 0 Å². The van der Waals surface area contributed by atoms with Gasteiger partial charge in [0.2, 0.25) is 0 Å². The second-order valence-electron chi connectivity index (χ2n) is 5.38. The van der Waals surface area contributed by atoms with E-state index in [2.05, 4.69) is 13.8 Å². The van der Waals surface area contributed by atoms with Crippen LogP contribution >= 0.6 is 0 Å². The summed E-state index contributed by atoms with van der Waals surface area (Å²) in [6.45, 7) is 5.06. The van der Waals surface area contributed by atoms with Gasteiger partial charge in [-0.3, -0.25) is 0 Å². The number of rotatable bonds is 0. The van der Waals surface area contributed by atoms with Gasteiger partial charge in [0.25, 0.3) is 0 Å². The first-order chi connectivity index (χ1) is 5.23. The maximum Gasteiger partial charge on any atom is -0.0241 e. The maximum absolute atomic E-state index is 2.58. The number of hydrogen-bond donors (Lipinski definition) is 0. The van der Waals surface area contributed by atoms with Gasteiger partial charge in [-0.25, -0.2) is 0 Å². The van der Waals surface area contributed by atoms with Gasteiger partial charge in [0.15, 0.2) is 0 Å². The van der Waals surface area contributed by atoms with Crippen LogP contribution in [0.1, 0.15) is 39.5 Å². The van der Waals surface area contributed by atoms with E-state index in [0.717, 1.165) is 29.1 Å². The molecule has 0 aromatic rings. The topological polar surface area (TPSA) is 0 Å². The monoisotopic (exact) mass is 150 g/mol. The Kier molecular flexibility index (Phi) is 0.990. The van der Waals surface area contributed by atoms with Crippen molar-refractivity contribution in [2.45, 2.75) is 39.5 Å². The summed E-state index contributed by atoms with van der Waals surface area (Å²) in [4.78, 5) is 0. The normalized spacial score (nSPS) is 66.0. The highest BCUT2D eigenvalue weighted by Crippen LogP contribution is 2.71. The molecule has 0 heteroatoms. The molecule has 0 heterocycles. The molecule has 3 atom stereocenters. The van der Waals surface area contributed by atoms with Crippen LogP contribution in [-0.4, -0.2) is 0 Å². The van der Waals surface area contributed by atoms with Gasteiger partial charge in [-0.15, -0.1) is 0 Å². The molecule has 0 N–H and O–H groups in total. The summed E-state index contributed by atoms with van der Waals surface area (Å²) in [6, 6.07) is 0. The molecule has 4 rings (SSSR count). The first-order valence-corrected chi connectivity index (χ1v) is 5.23. The largest absolute Gasteiger partial charge is 0.0620 e. The first kappa shape index (κ1) is 6.51. The molecule has 62 valence electrons. The smallest absolute Gasteiger partial charge is 0.0241 e. The van der Waals surface area contributed by atoms with Gasteiger partial charge in [-0.05, 0) is 54.8 Å². The van der Waals surface area contributed by atoms with Crippen molar-refractivity contribution in [3.63, 3.8) is 0 Å². The van der Waals surface area contributed by atoms with Crippen molar-refractivity contribution in [1.82, 2.24) is 0 Å². The Morgan fingerprint density at radius 1 is 1.18 bits per heavy atom. The summed E-state index contributed by atoms with van der Waals surface area (Å²) in [6.07, 6.45) is 6.25. The Hall–Kier alpha value is 0. The lowest BCUT2D eigenvalue weighted by atomic mass is 9.70. The highest BCUT2D eigenvalue weighted by atomic mass is 14.7. The first-order valence-electron chi connectivity index (χ1n) is 5.23.